The molecule has 8 nitrogen and oxygen atoms in total. The van der Waals surface area contributed by atoms with Crippen molar-refractivity contribution in [3.05, 3.63) is 170 Å². The van der Waals surface area contributed by atoms with Gasteiger partial charge in [0.15, 0.2) is 12.2 Å². The summed E-state index contributed by atoms with van der Waals surface area (Å²) in [5, 5.41) is 0.658. The van der Waals surface area contributed by atoms with Crippen LogP contribution >= 0.6 is 0 Å². The van der Waals surface area contributed by atoms with Crippen LogP contribution in [0, 0.1) is 11.8 Å². The second-order valence-corrected chi connectivity index (χ2v) is 18.9. The van der Waals surface area contributed by atoms with Crippen molar-refractivity contribution >= 4 is 22.9 Å². The van der Waals surface area contributed by atoms with E-state index in [9.17, 15) is 9.59 Å². The first-order valence-electron chi connectivity index (χ1n) is 23.3. The van der Waals surface area contributed by atoms with Crippen molar-refractivity contribution in [1.29, 1.82) is 0 Å². The molecule has 6 atom stereocenters. The molecule has 3 aliphatic heterocycles. The van der Waals surface area contributed by atoms with Gasteiger partial charge in [-0.05, 0) is 111 Å². The minimum absolute atomic E-state index is 0.0116. The molecule has 1 fully saturated rings. The maximum atomic E-state index is 15.0. The third kappa shape index (κ3) is 8.99. The molecule has 4 aromatic carbocycles. The first-order valence-corrected chi connectivity index (χ1v) is 23.3. The molecule has 5 aliphatic rings. The van der Waals surface area contributed by atoms with Crippen LogP contribution in [0.1, 0.15) is 129 Å². The Labute approximate surface area is 376 Å². The lowest BCUT2D eigenvalue weighted by Gasteiger charge is -2.50. The Hall–Kier alpha value is -5.73. The molecule has 0 spiro atoms. The molecule has 2 bridgehead atoms. The number of fused-ring (bicyclic) bond motifs is 11. The van der Waals surface area contributed by atoms with E-state index < -0.39 is 35.4 Å². The zero-order chi connectivity index (χ0) is 44.4. The van der Waals surface area contributed by atoms with E-state index in [4.69, 9.17) is 23.4 Å². The Kier molecular flexibility index (Phi) is 12.8. The van der Waals surface area contributed by atoms with Gasteiger partial charge >= 0.3 is 17.6 Å². The molecule has 8 heteroatoms. The van der Waals surface area contributed by atoms with Gasteiger partial charge in [0, 0.05) is 54.2 Å². The summed E-state index contributed by atoms with van der Waals surface area (Å²) in [4.78, 5) is 43.4. The SMILES string of the molecule is COCCc1cc2ccc3c(c2oc1=O)[C@H]1OC(=O)C[C@@H]2C[C@H](c4cccc(Cc5ccccc5)c4)C=C[C@H]2c2ccc(cc2)CCC(=C(C)C)C(=O)O[C@@H]1[C@](C)(C1CCCCC1)O3. The number of carbonyl (C=O) groups excluding carboxylic acids is 2. The van der Waals surface area contributed by atoms with E-state index in [1.165, 1.54) is 16.7 Å². The van der Waals surface area contributed by atoms with E-state index in [1.54, 1.807) is 7.11 Å². The lowest BCUT2D eigenvalue weighted by atomic mass is 9.71. The molecule has 0 radical (unpaired) electrons. The molecule has 0 unspecified atom stereocenters. The van der Waals surface area contributed by atoms with Crippen molar-refractivity contribution in [3.8, 4) is 5.75 Å². The van der Waals surface area contributed by atoms with Crippen LogP contribution in [-0.4, -0.2) is 37.4 Å². The van der Waals surface area contributed by atoms with Gasteiger partial charge < -0.3 is 23.4 Å². The highest BCUT2D eigenvalue weighted by atomic mass is 16.6. The fraction of sp³-hybridized carbons (Fsp3) is 0.411. The summed E-state index contributed by atoms with van der Waals surface area (Å²) in [7, 11) is 1.60. The van der Waals surface area contributed by atoms with E-state index in [-0.39, 0.29) is 35.7 Å². The van der Waals surface area contributed by atoms with Crippen LogP contribution in [-0.2, 0) is 43.1 Å². The summed E-state index contributed by atoms with van der Waals surface area (Å²) in [5.74, 6) is -0.429. The molecule has 1 saturated carbocycles. The Morgan fingerprint density at radius 3 is 2.34 bits per heavy atom. The highest BCUT2D eigenvalue weighted by Crippen LogP contribution is 2.52. The molecule has 0 amide bonds. The van der Waals surface area contributed by atoms with Gasteiger partial charge in [0.25, 0.3) is 0 Å². The summed E-state index contributed by atoms with van der Waals surface area (Å²) in [6, 6.07) is 33.5. The van der Waals surface area contributed by atoms with Crippen molar-refractivity contribution in [2.75, 3.05) is 13.7 Å². The van der Waals surface area contributed by atoms with Gasteiger partial charge in [-0.15, -0.1) is 0 Å². The van der Waals surface area contributed by atoms with Crippen molar-refractivity contribution in [1.82, 2.24) is 0 Å². The van der Waals surface area contributed by atoms with Crippen LogP contribution in [0.5, 0.6) is 5.75 Å². The third-order valence-corrected chi connectivity index (χ3v) is 14.5. The molecule has 2 aliphatic carbocycles. The number of rotatable bonds is 7. The molecule has 10 rings (SSSR count). The van der Waals surface area contributed by atoms with Gasteiger partial charge in [0.2, 0.25) is 0 Å². The number of esters is 2. The summed E-state index contributed by atoms with van der Waals surface area (Å²) in [5.41, 5.74) is 7.03. The monoisotopic (exact) mass is 860 g/mol. The maximum Gasteiger partial charge on any atom is 0.339 e. The lowest BCUT2D eigenvalue weighted by Crippen LogP contribution is -2.58. The minimum Gasteiger partial charge on any atom is -0.483 e. The van der Waals surface area contributed by atoms with E-state index in [0.29, 0.717) is 53.7 Å². The normalized spacial score (nSPS) is 25.1. The quantitative estimate of drug-likeness (QED) is 0.0690. The van der Waals surface area contributed by atoms with Crippen molar-refractivity contribution in [2.45, 2.75) is 121 Å². The van der Waals surface area contributed by atoms with Crippen LogP contribution in [0.2, 0.25) is 0 Å². The average molecular weight is 861 g/mol. The molecule has 0 saturated heterocycles. The number of ether oxygens (including phenoxy) is 4. The van der Waals surface area contributed by atoms with Crippen molar-refractivity contribution < 1.29 is 33.0 Å². The lowest BCUT2D eigenvalue weighted by molar-refractivity contribution is -0.201. The summed E-state index contributed by atoms with van der Waals surface area (Å²) in [6.45, 7) is 6.25. The van der Waals surface area contributed by atoms with E-state index in [1.807, 2.05) is 45.0 Å². The molecule has 5 aromatic rings. The highest BCUT2D eigenvalue weighted by molar-refractivity contribution is 5.90. The predicted molar refractivity (Wildman–Crippen MR) is 249 cm³/mol. The Balaban J connectivity index is 1.14. The highest BCUT2D eigenvalue weighted by Gasteiger charge is 2.56. The molecule has 4 heterocycles. The molecular weight excluding hydrogens is 801 g/mol. The topological polar surface area (TPSA) is 101 Å². The summed E-state index contributed by atoms with van der Waals surface area (Å²) < 4.78 is 32.2. The van der Waals surface area contributed by atoms with Gasteiger partial charge in [-0.25, -0.2) is 9.59 Å². The standard InChI is InChI=1S/C56H60O8/c1-35(2)46-25-20-36-18-21-39(22-19-36)47-26-23-41(40-15-11-14-38(31-40)30-37-12-7-5-8-13-37)32-44(47)34-49(57)61-52-50-48(27-24-42-33-43(28-29-60-4)54(58)62-51(42)50)64-56(3,53(52)63-55(46)59)45-16-9-6-10-17-45/h5,7-8,11-15,18-19,21-24,26-27,31,33,41,44-45,47,52-53H,6,9-10,16-17,20,25,28-30,32,34H2,1-4H3/t41-,44+,47+,52-,53+,56+/m1/s1. The first kappa shape index (κ1) is 43.5. The number of methoxy groups -OCH3 is 1. The molecular formula is C56H60O8. The zero-order valence-corrected chi connectivity index (χ0v) is 37.6. The fourth-order valence-corrected chi connectivity index (χ4v) is 10.9. The number of hydrogen-bond donors (Lipinski definition) is 0. The smallest absolute Gasteiger partial charge is 0.339 e. The number of carbonyl (C=O) groups is 2. The molecule has 332 valence electrons. The van der Waals surface area contributed by atoms with Gasteiger partial charge in [0.05, 0.1) is 12.2 Å². The van der Waals surface area contributed by atoms with Crippen molar-refractivity contribution in [2.24, 2.45) is 11.8 Å². The first-order chi connectivity index (χ1) is 31.1. The van der Waals surface area contributed by atoms with Crippen LogP contribution in [0.15, 0.2) is 130 Å². The summed E-state index contributed by atoms with van der Waals surface area (Å²) >= 11 is 0. The van der Waals surface area contributed by atoms with Gasteiger partial charge in [0.1, 0.15) is 16.9 Å². The van der Waals surface area contributed by atoms with Gasteiger partial charge in [-0.1, -0.05) is 116 Å². The minimum atomic E-state index is -1.11. The van der Waals surface area contributed by atoms with Gasteiger partial charge in [-0.3, -0.25) is 4.79 Å². The van der Waals surface area contributed by atoms with Crippen molar-refractivity contribution in [3.63, 3.8) is 0 Å². The van der Waals surface area contributed by atoms with Crippen LogP contribution in [0.3, 0.4) is 0 Å². The Bertz CT molecular complexity index is 2610. The summed E-state index contributed by atoms with van der Waals surface area (Å²) in [6.07, 6.45) is 10.6. The predicted octanol–water partition coefficient (Wildman–Crippen LogP) is 11.6. The third-order valence-electron chi connectivity index (χ3n) is 14.5. The maximum absolute atomic E-state index is 15.0. The van der Waals surface area contributed by atoms with E-state index in [2.05, 4.69) is 84.9 Å². The largest absolute Gasteiger partial charge is 0.483 e. The van der Waals surface area contributed by atoms with E-state index >= 15 is 4.79 Å². The van der Waals surface area contributed by atoms with Gasteiger partial charge in [-0.2, -0.15) is 0 Å². The van der Waals surface area contributed by atoms with Crippen LogP contribution in [0.25, 0.3) is 11.0 Å². The number of benzene rings is 4. The Morgan fingerprint density at radius 2 is 1.58 bits per heavy atom. The van der Waals surface area contributed by atoms with Crippen LogP contribution in [0.4, 0.5) is 0 Å². The second-order valence-electron chi connectivity index (χ2n) is 18.9. The number of allylic oxidation sites excluding steroid dienone is 3. The van der Waals surface area contributed by atoms with E-state index in [0.717, 1.165) is 61.6 Å². The van der Waals surface area contributed by atoms with Crippen LogP contribution < -0.4 is 10.4 Å². The second kappa shape index (κ2) is 18.8. The number of hydrogen-bond acceptors (Lipinski definition) is 8. The Morgan fingerprint density at radius 1 is 0.797 bits per heavy atom. The number of aryl methyl sites for hydroxylation is 1. The molecule has 0 N–H and O–H groups in total. The zero-order valence-electron chi connectivity index (χ0n) is 37.6. The average Bonchev–Trinajstić information content (AvgIpc) is 3.30. The fourth-order valence-electron chi connectivity index (χ4n) is 10.9. The molecule has 1 aromatic heterocycles. The molecule has 64 heavy (non-hydrogen) atoms.